The molecule has 0 saturated heterocycles. The number of nitrogens with one attached hydrogen (secondary N) is 1. The Hall–Kier alpha value is -1.81. The second kappa shape index (κ2) is 3.60. The molecule has 0 fully saturated rings. The molecule has 3 rings (SSSR count). The van der Waals surface area contributed by atoms with Crippen LogP contribution >= 0.6 is 0 Å². The smallest absolute Gasteiger partial charge is 0.335 e. The molecule has 2 aromatic rings. The number of aromatic carboxylic acids is 1. The monoisotopic (exact) mass is 230 g/mol. The highest BCUT2D eigenvalue weighted by molar-refractivity contribution is 5.95. The first kappa shape index (κ1) is 10.4. The Labute approximate surface area is 98.9 Å². The number of benzene rings is 1. The van der Waals surface area contributed by atoms with Gasteiger partial charge in [0.1, 0.15) is 0 Å². The van der Waals surface area contributed by atoms with E-state index in [1.165, 1.54) is 16.6 Å². The lowest BCUT2D eigenvalue weighted by Gasteiger charge is -2.14. The van der Waals surface area contributed by atoms with Crippen molar-refractivity contribution in [1.82, 2.24) is 9.88 Å². The Morgan fingerprint density at radius 3 is 3.06 bits per heavy atom. The zero-order valence-electron chi connectivity index (χ0n) is 9.66. The van der Waals surface area contributed by atoms with Crippen LogP contribution in [-0.4, -0.2) is 22.2 Å². The van der Waals surface area contributed by atoms with Crippen molar-refractivity contribution in [2.75, 3.05) is 6.54 Å². The summed E-state index contributed by atoms with van der Waals surface area (Å²) in [7, 11) is 2.00. The summed E-state index contributed by atoms with van der Waals surface area (Å²) < 4.78 is 2.10. The number of hydrogen-bond acceptors (Lipinski definition) is 2. The van der Waals surface area contributed by atoms with Crippen molar-refractivity contribution >= 4 is 16.9 Å². The quantitative estimate of drug-likeness (QED) is 0.781. The molecule has 2 heterocycles. The van der Waals surface area contributed by atoms with Crippen molar-refractivity contribution in [2.24, 2.45) is 7.05 Å². The van der Waals surface area contributed by atoms with Gasteiger partial charge in [0.15, 0.2) is 0 Å². The number of rotatable bonds is 1. The average Bonchev–Trinajstić information content (AvgIpc) is 2.64. The third-order valence-electron chi connectivity index (χ3n) is 3.53. The van der Waals surface area contributed by atoms with Gasteiger partial charge in [-0.2, -0.15) is 0 Å². The summed E-state index contributed by atoms with van der Waals surface area (Å²) in [6.07, 6.45) is 1.01. The fraction of sp³-hybridized carbons (Fsp3) is 0.308. The molecule has 88 valence electrons. The molecule has 0 amide bonds. The van der Waals surface area contributed by atoms with Gasteiger partial charge < -0.3 is 15.0 Å². The van der Waals surface area contributed by atoms with E-state index in [0.717, 1.165) is 25.0 Å². The molecule has 4 heteroatoms. The molecule has 0 radical (unpaired) electrons. The third-order valence-corrected chi connectivity index (χ3v) is 3.53. The van der Waals surface area contributed by atoms with Crippen molar-refractivity contribution < 1.29 is 9.90 Å². The molecule has 17 heavy (non-hydrogen) atoms. The fourth-order valence-corrected chi connectivity index (χ4v) is 2.63. The van der Waals surface area contributed by atoms with Crippen LogP contribution in [0.3, 0.4) is 0 Å². The molecule has 0 spiro atoms. The molecule has 0 aliphatic carbocycles. The van der Waals surface area contributed by atoms with Crippen LogP contribution in [0.5, 0.6) is 0 Å². The standard InChI is InChI=1S/C13H14N2O2/c1-15-11-6-8(13(16)17)2-3-9(11)10-4-5-14-7-12(10)15/h2-3,6,14H,4-5,7H2,1H3,(H,16,17). The predicted octanol–water partition coefficient (Wildman–Crippen LogP) is 1.52. The number of aryl methyl sites for hydroxylation is 1. The van der Waals surface area contributed by atoms with Crippen molar-refractivity contribution in [3.05, 3.63) is 35.0 Å². The van der Waals surface area contributed by atoms with Crippen LogP contribution in [-0.2, 0) is 20.0 Å². The van der Waals surface area contributed by atoms with Crippen LogP contribution in [0.25, 0.3) is 10.9 Å². The van der Waals surface area contributed by atoms with Crippen LogP contribution in [0.4, 0.5) is 0 Å². The topological polar surface area (TPSA) is 54.3 Å². The SMILES string of the molecule is Cn1c2c(c3ccc(C(=O)O)cc31)CCNC2. The molecule has 4 nitrogen and oxygen atoms in total. The maximum absolute atomic E-state index is 11.0. The normalized spacial score (nSPS) is 14.9. The molecule has 1 aromatic carbocycles. The predicted molar refractivity (Wildman–Crippen MR) is 65.3 cm³/mol. The highest BCUT2D eigenvalue weighted by atomic mass is 16.4. The van der Waals surface area contributed by atoms with Gasteiger partial charge in [-0.1, -0.05) is 6.07 Å². The molecule has 2 N–H and O–H groups in total. The molecule has 0 unspecified atom stereocenters. The molecule has 1 aliphatic rings. The van der Waals surface area contributed by atoms with E-state index in [2.05, 4.69) is 9.88 Å². The van der Waals surface area contributed by atoms with Crippen molar-refractivity contribution in [2.45, 2.75) is 13.0 Å². The first-order chi connectivity index (χ1) is 8.18. The molecule has 0 saturated carbocycles. The Bertz CT molecular complexity index is 613. The molecular formula is C13H14N2O2. The minimum Gasteiger partial charge on any atom is -0.478 e. The van der Waals surface area contributed by atoms with E-state index < -0.39 is 5.97 Å². The highest BCUT2D eigenvalue weighted by Gasteiger charge is 2.18. The Balaban J connectivity index is 2.30. The van der Waals surface area contributed by atoms with E-state index in [-0.39, 0.29) is 0 Å². The van der Waals surface area contributed by atoms with E-state index in [0.29, 0.717) is 5.56 Å². The summed E-state index contributed by atoms with van der Waals surface area (Å²) in [5.74, 6) is -0.871. The fourth-order valence-electron chi connectivity index (χ4n) is 2.63. The largest absolute Gasteiger partial charge is 0.478 e. The molecular weight excluding hydrogens is 216 g/mol. The summed E-state index contributed by atoms with van der Waals surface area (Å²) in [6, 6.07) is 5.38. The van der Waals surface area contributed by atoms with Crippen molar-refractivity contribution in [1.29, 1.82) is 0 Å². The van der Waals surface area contributed by atoms with Crippen LogP contribution < -0.4 is 5.32 Å². The molecule has 1 aromatic heterocycles. The Morgan fingerprint density at radius 2 is 2.29 bits per heavy atom. The van der Waals surface area contributed by atoms with Gasteiger partial charge in [-0.15, -0.1) is 0 Å². The summed E-state index contributed by atoms with van der Waals surface area (Å²) in [5, 5.41) is 13.5. The van der Waals surface area contributed by atoms with Gasteiger partial charge in [0.2, 0.25) is 0 Å². The van der Waals surface area contributed by atoms with E-state index in [1.807, 2.05) is 13.1 Å². The zero-order valence-corrected chi connectivity index (χ0v) is 9.66. The lowest BCUT2D eigenvalue weighted by molar-refractivity contribution is 0.0697. The molecule has 1 aliphatic heterocycles. The lowest BCUT2D eigenvalue weighted by Crippen LogP contribution is -2.24. The van der Waals surface area contributed by atoms with Crippen molar-refractivity contribution in [3.63, 3.8) is 0 Å². The van der Waals surface area contributed by atoms with Gasteiger partial charge in [-0.05, 0) is 30.7 Å². The minimum absolute atomic E-state index is 0.350. The number of carbonyl (C=O) groups is 1. The second-order valence-electron chi connectivity index (χ2n) is 4.45. The van der Waals surface area contributed by atoms with Gasteiger partial charge in [0, 0.05) is 30.2 Å². The van der Waals surface area contributed by atoms with E-state index in [1.54, 1.807) is 12.1 Å². The molecule has 0 bridgehead atoms. The van der Waals surface area contributed by atoms with Gasteiger partial charge in [0.05, 0.1) is 5.56 Å². The minimum atomic E-state index is -0.871. The Morgan fingerprint density at radius 1 is 1.47 bits per heavy atom. The van der Waals surface area contributed by atoms with Gasteiger partial charge in [-0.25, -0.2) is 4.79 Å². The third kappa shape index (κ3) is 1.45. The lowest BCUT2D eigenvalue weighted by atomic mass is 10.0. The van der Waals surface area contributed by atoms with E-state index in [9.17, 15) is 4.79 Å². The van der Waals surface area contributed by atoms with Crippen molar-refractivity contribution in [3.8, 4) is 0 Å². The average molecular weight is 230 g/mol. The van der Waals surface area contributed by atoms with E-state index in [4.69, 9.17) is 5.11 Å². The number of carboxylic acid groups (broad SMARTS) is 1. The number of fused-ring (bicyclic) bond motifs is 3. The maximum atomic E-state index is 11.0. The number of hydrogen-bond donors (Lipinski definition) is 2. The summed E-state index contributed by atoms with van der Waals surface area (Å²) in [4.78, 5) is 11.0. The van der Waals surface area contributed by atoms with Gasteiger partial charge in [-0.3, -0.25) is 0 Å². The summed E-state index contributed by atoms with van der Waals surface area (Å²) in [6.45, 7) is 1.86. The maximum Gasteiger partial charge on any atom is 0.335 e. The highest BCUT2D eigenvalue weighted by Crippen LogP contribution is 2.28. The first-order valence-electron chi connectivity index (χ1n) is 5.72. The summed E-state index contributed by atoms with van der Waals surface area (Å²) >= 11 is 0. The number of nitrogens with zero attached hydrogens (tertiary/aromatic N) is 1. The van der Waals surface area contributed by atoms with Crippen LogP contribution in [0.1, 0.15) is 21.6 Å². The van der Waals surface area contributed by atoms with Gasteiger partial charge >= 0.3 is 5.97 Å². The Kier molecular flexibility index (Phi) is 2.19. The zero-order chi connectivity index (χ0) is 12.0. The van der Waals surface area contributed by atoms with Gasteiger partial charge in [0.25, 0.3) is 0 Å². The van der Waals surface area contributed by atoms with Crippen LogP contribution in [0.2, 0.25) is 0 Å². The summed E-state index contributed by atoms with van der Waals surface area (Å²) in [5.41, 5.74) is 3.99. The van der Waals surface area contributed by atoms with Crippen LogP contribution in [0.15, 0.2) is 18.2 Å². The van der Waals surface area contributed by atoms with E-state index >= 15 is 0 Å². The van der Waals surface area contributed by atoms with Crippen LogP contribution in [0, 0.1) is 0 Å². The number of aromatic nitrogens is 1. The number of carboxylic acids is 1. The molecule has 0 atom stereocenters. The second-order valence-corrected chi connectivity index (χ2v) is 4.45. The first-order valence-corrected chi connectivity index (χ1v) is 5.72.